The molecule has 1 fully saturated rings. The van der Waals surface area contributed by atoms with Gasteiger partial charge in [0.05, 0.1) is 0 Å². The molecule has 1 aliphatic rings. The summed E-state index contributed by atoms with van der Waals surface area (Å²) in [4.78, 5) is 18.4. The number of piperidine rings is 1. The molecular weight excluding hydrogens is 260 g/mol. The molecule has 1 aliphatic heterocycles. The van der Waals surface area contributed by atoms with Gasteiger partial charge in [-0.15, -0.1) is 11.3 Å². The smallest absolute Gasteiger partial charge is 0.315 e. The number of amides is 2. The van der Waals surface area contributed by atoms with E-state index in [1.165, 1.54) is 0 Å². The number of hydrogen-bond donors (Lipinski definition) is 2. The van der Waals surface area contributed by atoms with Crippen LogP contribution < -0.4 is 15.5 Å². The van der Waals surface area contributed by atoms with E-state index in [0.29, 0.717) is 0 Å². The predicted molar refractivity (Wildman–Crippen MR) is 78.8 cm³/mol. The van der Waals surface area contributed by atoms with Crippen LogP contribution in [0, 0.1) is 0 Å². The average Bonchev–Trinajstić information content (AvgIpc) is 2.80. The second kappa shape index (κ2) is 5.77. The van der Waals surface area contributed by atoms with Gasteiger partial charge in [0.1, 0.15) is 0 Å². The highest BCUT2D eigenvalue weighted by Gasteiger charge is 2.23. The van der Waals surface area contributed by atoms with Gasteiger partial charge in [-0.25, -0.2) is 9.78 Å². The molecule has 1 saturated heterocycles. The number of thiazole rings is 1. The number of nitrogens with one attached hydrogen (secondary N) is 2. The van der Waals surface area contributed by atoms with Crippen molar-refractivity contribution in [3.63, 3.8) is 0 Å². The van der Waals surface area contributed by atoms with E-state index in [1.807, 2.05) is 32.3 Å². The molecule has 0 unspecified atom stereocenters. The Hall–Kier alpha value is -1.30. The Bertz CT molecular complexity index is 405. The first-order valence-electron chi connectivity index (χ1n) is 6.67. The highest BCUT2D eigenvalue weighted by Crippen LogP contribution is 2.21. The second-order valence-corrected chi connectivity index (χ2v) is 6.80. The van der Waals surface area contributed by atoms with Gasteiger partial charge < -0.3 is 15.5 Å². The maximum Gasteiger partial charge on any atom is 0.315 e. The fourth-order valence-corrected chi connectivity index (χ4v) is 2.85. The van der Waals surface area contributed by atoms with Gasteiger partial charge in [0, 0.05) is 36.2 Å². The van der Waals surface area contributed by atoms with E-state index in [4.69, 9.17) is 0 Å². The minimum Gasteiger partial charge on any atom is -0.348 e. The van der Waals surface area contributed by atoms with E-state index in [0.717, 1.165) is 31.1 Å². The summed E-state index contributed by atoms with van der Waals surface area (Å²) in [5.41, 5.74) is -0.189. The fraction of sp³-hybridized carbons (Fsp3) is 0.692. The maximum atomic E-state index is 11.8. The van der Waals surface area contributed by atoms with E-state index < -0.39 is 0 Å². The van der Waals surface area contributed by atoms with Crippen LogP contribution in [0.2, 0.25) is 0 Å². The summed E-state index contributed by atoms with van der Waals surface area (Å²) in [7, 11) is 0. The quantitative estimate of drug-likeness (QED) is 0.874. The van der Waals surface area contributed by atoms with Crippen LogP contribution in [-0.2, 0) is 0 Å². The van der Waals surface area contributed by atoms with Crippen LogP contribution in [0.3, 0.4) is 0 Å². The lowest BCUT2D eigenvalue weighted by molar-refractivity contribution is 0.225. The molecule has 106 valence electrons. The zero-order valence-electron chi connectivity index (χ0n) is 11.8. The molecule has 0 saturated carbocycles. The number of anilines is 1. The number of hydrogen-bond acceptors (Lipinski definition) is 4. The lowest BCUT2D eigenvalue weighted by Crippen LogP contribution is -2.52. The van der Waals surface area contributed by atoms with E-state index in [2.05, 4.69) is 20.5 Å². The molecule has 0 radical (unpaired) electrons. The van der Waals surface area contributed by atoms with E-state index in [-0.39, 0.29) is 17.6 Å². The molecule has 6 heteroatoms. The van der Waals surface area contributed by atoms with Crippen LogP contribution >= 0.6 is 11.3 Å². The SMILES string of the molecule is CC(C)(C)NC(=O)NC1CCN(c2nccs2)CC1. The molecule has 19 heavy (non-hydrogen) atoms. The second-order valence-electron chi connectivity index (χ2n) is 5.92. The molecule has 2 N–H and O–H groups in total. The Morgan fingerprint density at radius 1 is 1.42 bits per heavy atom. The van der Waals surface area contributed by atoms with Gasteiger partial charge in [0.15, 0.2) is 5.13 Å². The van der Waals surface area contributed by atoms with Gasteiger partial charge in [0.2, 0.25) is 0 Å². The lowest BCUT2D eigenvalue weighted by atomic mass is 10.1. The third kappa shape index (κ3) is 4.38. The molecule has 0 aliphatic carbocycles. The molecule has 5 nitrogen and oxygen atoms in total. The largest absolute Gasteiger partial charge is 0.348 e. The van der Waals surface area contributed by atoms with Crippen molar-refractivity contribution in [2.45, 2.75) is 45.2 Å². The van der Waals surface area contributed by atoms with Crippen LogP contribution in [0.1, 0.15) is 33.6 Å². The van der Waals surface area contributed by atoms with Gasteiger partial charge in [-0.05, 0) is 33.6 Å². The van der Waals surface area contributed by atoms with Crippen LogP contribution in [0.25, 0.3) is 0 Å². The first-order valence-corrected chi connectivity index (χ1v) is 7.55. The summed E-state index contributed by atoms with van der Waals surface area (Å²) in [5.74, 6) is 0. The first-order chi connectivity index (χ1) is 8.94. The molecule has 0 aromatic carbocycles. The molecule has 1 aromatic rings. The molecule has 0 atom stereocenters. The monoisotopic (exact) mass is 282 g/mol. The third-order valence-electron chi connectivity index (χ3n) is 3.01. The molecule has 1 aromatic heterocycles. The minimum absolute atomic E-state index is 0.0693. The lowest BCUT2D eigenvalue weighted by Gasteiger charge is -2.32. The molecule has 0 bridgehead atoms. The maximum absolute atomic E-state index is 11.8. The zero-order valence-corrected chi connectivity index (χ0v) is 12.6. The number of aromatic nitrogens is 1. The van der Waals surface area contributed by atoms with E-state index in [9.17, 15) is 4.79 Å². The van der Waals surface area contributed by atoms with Gasteiger partial charge in [-0.1, -0.05) is 0 Å². The third-order valence-corrected chi connectivity index (χ3v) is 3.84. The van der Waals surface area contributed by atoms with Crippen molar-refractivity contribution >= 4 is 22.5 Å². The molecule has 0 spiro atoms. The molecule has 2 amide bonds. The van der Waals surface area contributed by atoms with Crippen LogP contribution in [-0.4, -0.2) is 35.7 Å². The van der Waals surface area contributed by atoms with Crippen molar-refractivity contribution in [2.24, 2.45) is 0 Å². The number of urea groups is 1. The summed E-state index contributed by atoms with van der Waals surface area (Å²) in [6, 6.07) is 0.193. The Morgan fingerprint density at radius 3 is 2.63 bits per heavy atom. The summed E-state index contributed by atoms with van der Waals surface area (Å²) in [6.07, 6.45) is 3.77. The predicted octanol–water partition coefficient (Wildman–Crippen LogP) is 2.21. The first kappa shape index (κ1) is 14.1. The summed E-state index contributed by atoms with van der Waals surface area (Å²) in [6.45, 7) is 7.86. The Morgan fingerprint density at radius 2 is 2.11 bits per heavy atom. The minimum atomic E-state index is -0.189. The van der Waals surface area contributed by atoms with E-state index in [1.54, 1.807) is 11.3 Å². The highest BCUT2D eigenvalue weighted by atomic mass is 32.1. The number of rotatable bonds is 2. The van der Waals surface area contributed by atoms with Crippen molar-refractivity contribution in [3.8, 4) is 0 Å². The van der Waals surface area contributed by atoms with Gasteiger partial charge >= 0.3 is 6.03 Å². The van der Waals surface area contributed by atoms with Crippen molar-refractivity contribution in [3.05, 3.63) is 11.6 Å². The Kier molecular flexibility index (Phi) is 4.29. The van der Waals surface area contributed by atoms with Crippen LogP contribution in [0.15, 0.2) is 11.6 Å². The van der Waals surface area contributed by atoms with E-state index >= 15 is 0 Å². The molecule has 2 rings (SSSR count). The van der Waals surface area contributed by atoms with Crippen molar-refractivity contribution in [1.82, 2.24) is 15.6 Å². The fourth-order valence-electron chi connectivity index (χ4n) is 2.15. The van der Waals surface area contributed by atoms with Crippen molar-refractivity contribution in [2.75, 3.05) is 18.0 Å². The summed E-state index contributed by atoms with van der Waals surface area (Å²) in [5, 5.41) is 9.06. The molecular formula is C13H22N4OS. The summed E-state index contributed by atoms with van der Waals surface area (Å²) < 4.78 is 0. The van der Waals surface area contributed by atoms with Gasteiger partial charge in [0.25, 0.3) is 0 Å². The van der Waals surface area contributed by atoms with Crippen molar-refractivity contribution < 1.29 is 4.79 Å². The normalized spacial score (nSPS) is 17.3. The van der Waals surface area contributed by atoms with Crippen LogP contribution in [0.5, 0.6) is 0 Å². The van der Waals surface area contributed by atoms with Crippen molar-refractivity contribution in [1.29, 1.82) is 0 Å². The number of carbonyl (C=O) groups excluding carboxylic acids is 1. The number of nitrogens with zero attached hydrogens (tertiary/aromatic N) is 2. The van der Waals surface area contributed by atoms with Gasteiger partial charge in [-0.3, -0.25) is 0 Å². The van der Waals surface area contributed by atoms with Gasteiger partial charge in [-0.2, -0.15) is 0 Å². The highest BCUT2D eigenvalue weighted by molar-refractivity contribution is 7.13. The number of carbonyl (C=O) groups is 1. The average molecular weight is 282 g/mol. The molecule has 2 heterocycles. The Labute approximate surface area is 118 Å². The van der Waals surface area contributed by atoms with Crippen LogP contribution in [0.4, 0.5) is 9.93 Å². The Balaban J connectivity index is 1.76. The zero-order chi connectivity index (χ0) is 13.9. The standard InChI is InChI=1S/C13H22N4OS/c1-13(2,3)16-11(18)15-10-4-7-17(8-5-10)12-14-6-9-19-12/h6,9-10H,4-5,7-8H2,1-3H3,(H2,15,16,18). The topological polar surface area (TPSA) is 57.3 Å². The summed E-state index contributed by atoms with van der Waals surface area (Å²) >= 11 is 1.67.